The van der Waals surface area contributed by atoms with Gasteiger partial charge in [0.05, 0.1) is 18.8 Å². The minimum absolute atomic E-state index is 0.222. The second-order valence-electron chi connectivity index (χ2n) is 16.1. The molecule has 0 rings (SSSR count). The smallest absolute Gasteiger partial charge is 0.387 e. The van der Waals surface area contributed by atoms with Crippen molar-refractivity contribution in [2.45, 2.75) is 264 Å². The first-order valence-corrected chi connectivity index (χ1v) is 24.7. The molecule has 0 unspecified atom stereocenters. The lowest BCUT2D eigenvalue weighted by atomic mass is 10.0. The number of rotatable bonds is 43. The lowest BCUT2D eigenvalue weighted by Gasteiger charge is -2.22. The van der Waals surface area contributed by atoms with E-state index >= 15 is 0 Å². The largest absolute Gasteiger partial charge is 0.469 e. The molecule has 0 aliphatic carbocycles. The average Bonchev–Trinajstić information content (AvgIpc) is 3.13. The molecule has 0 fully saturated rings. The number of amides is 1. The maximum Gasteiger partial charge on any atom is 0.469 e. The van der Waals surface area contributed by atoms with Gasteiger partial charge in [0.2, 0.25) is 5.91 Å². The third-order valence-electron chi connectivity index (χ3n) is 10.7. The molecule has 0 bridgehead atoms. The van der Waals surface area contributed by atoms with Crippen LogP contribution in [0.2, 0.25) is 0 Å². The molecule has 0 radical (unpaired) electrons. The number of aliphatic hydroxyl groups is 1. The van der Waals surface area contributed by atoms with Gasteiger partial charge < -0.3 is 20.2 Å². The fourth-order valence-electron chi connectivity index (χ4n) is 7.23. The first kappa shape index (κ1) is 52.3. The van der Waals surface area contributed by atoms with Crippen molar-refractivity contribution in [3.63, 3.8) is 0 Å². The summed E-state index contributed by atoms with van der Waals surface area (Å²) in [6.45, 7) is 4.08. The minimum Gasteiger partial charge on any atom is -0.387 e. The Labute approximate surface area is 329 Å². The molecular weight excluding hydrogens is 681 g/mol. The summed E-state index contributed by atoms with van der Waals surface area (Å²) in [4.78, 5) is 30.9. The number of nitrogens with one attached hydrogen (secondary N) is 1. The molecule has 0 spiro atoms. The van der Waals surface area contributed by atoms with Crippen molar-refractivity contribution < 1.29 is 28.8 Å². The molecule has 8 heteroatoms. The van der Waals surface area contributed by atoms with E-state index in [1.165, 1.54) is 193 Å². The normalized spacial score (nSPS) is 13.2. The van der Waals surface area contributed by atoms with E-state index in [-0.39, 0.29) is 5.91 Å². The van der Waals surface area contributed by atoms with Crippen molar-refractivity contribution in [3.8, 4) is 0 Å². The number of allylic oxidation sites excluding steroid dienone is 1. The highest BCUT2D eigenvalue weighted by molar-refractivity contribution is 7.46. The summed E-state index contributed by atoms with van der Waals surface area (Å²) in [5.74, 6) is -0.222. The third-order valence-corrected chi connectivity index (χ3v) is 11.2. The van der Waals surface area contributed by atoms with Gasteiger partial charge in [0.15, 0.2) is 0 Å². The molecule has 0 aliphatic heterocycles. The van der Waals surface area contributed by atoms with Crippen LogP contribution in [0.4, 0.5) is 0 Å². The van der Waals surface area contributed by atoms with E-state index in [2.05, 4.69) is 23.7 Å². The van der Waals surface area contributed by atoms with E-state index in [9.17, 15) is 14.5 Å². The Kier molecular flexibility index (Phi) is 40.4. The van der Waals surface area contributed by atoms with E-state index in [4.69, 9.17) is 9.79 Å². The quantitative estimate of drug-likeness (QED) is 0.0279. The number of phosphoric acid groups is 1. The molecule has 0 heterocycles. The molecular formula is C45H90NO6P. The van der Waals surface area contributed by atoms with Crippen LogP contribution in [0.5, 0.6) is 0 Å². The van der Waals surface area contributed by atoms with Crippen LogP contribution in [0.1, 0.15) is 251 Å². The monoisotopic (exact) mass is 772 g/mol. The van der Waals surface area contributed by atoms with Crippen molar-refractivity contribution in [3.05, 3.63) is 12.2 Å². The second-order valence-corrected chi connectivity index (χ2v) is 17.3. The Bertz CT molecular complexity index is 834. The molecule has 1 amide bonds. The van der Waals surface area contributed by atoms with E-state index in [0.29, 0.717) is 6.42 Å². The van der Waals surface area contributed by atoms with E-state index in [1.807, 2.05) is 6.08 Å². The topological polar surface area (TPSA) is 116 Å². The van der Waals surface area contributed by atoms with Gasteiger partial charge in [-0.15, -0.1) is 0 Å². The van der Waals surface area contributed by atoms with E-state index in [0.717, 1.165) is 38.5 Å². The Morgan fingerprint density at radius 3 is 1.15 bits per heavy atom. The first-order valence-electron chi connectivity index (χ1n) is 23.1. The first-order chi connectivity index (χ1) is 25.8. The number of hydrogen-bond acceptors (Lipinski definition) is 4. The van der Waals surface area contributed by atoms with Crippen LogP contribution < -0.4 is 5.32 Å². The summed E-state index contributed by atoms with van der Waals surface area (Å²) in [5.41, 5.74) is 0. The average molecular weight is 772 g/mol. The predicted octanol–water partition coefficient (Wildman–Crippen LogP) is 14.0. The van der Waals surface area contributed by atoms with Crippen LogP contribution in [0.25, 0.3) is 0 Å². The van der Waals surface area contributed by atoms with Gasteiger partial charge in [-0.1, -0.05) is 238 Å². The van der Waals surface area contributed by atoms with Crippen LogP contribution in [0, 0.1) is 0 Å². The van der Waals surface area contributed by atoms with Crippen molar-refractivity contribution in [1.29, 1.82) is 0 Å². The van der Waals surface area contributed by atoms with Gasteiger partial charge >= 0.3 is 7.82 Å². The molecule has 4 N–H and O–H groups in total. The second kappa shape index (κ2) is 40.9. The SMILES string of the molecule is CCCCCCCCCCC/C=C/[C@@H](O)[C@H](COP(=O)(O)O)NC(=O)CCCCCCCCCCCCCCCCCCCCCCCCCCCC. The predicted molar refractivity (Wildman–Crippen MR) is 227 cm³/mol. The van der Waals surface area contributed by atoms with Crippen LogP contribution in [0.15, 0.2) is 12.2 Å². The maximum atomic E-state index is 12.6. The number of carbonyl (C=O) groups is 1. The van der Waals surface area contributed by atoms with Gasteiger partial charge in [-0.25, -0.2) is 4.57 Å². The molecule has 316 valence electrons. The molecule has 0 aromatic heterocycles. The molecule has 0 aliphatic rings. The molecule has 0 saturated heterocycles. The third kappa shape index (κ3) is 42.3. The summed E-state index contributed by atoms with van der Waals surface area (Å²) in [7, 11) is -4.71. The zero-order valence-electron chi connectivity index (χ0n) is 35.2. The zero-order chi connectivity index (χ0) is 38.9. The lowest BCUT2D eigenvalue weighted by molar-refractivity contribution is -0.123. The Hall–Kier alpha value is -0.720. The van der Waals surface area contributed by atoms with Crippen molar-refractivity contribution >= 4 is 13.7 Å². The highest BCUT2D eigenvalue weighted by atomic mass is 31.2. The number of carbonyl (C=O) groups excluding carboxylic acids is 1. The van der Waals surface area contributed by atoms with Gasteiger partial charge in [-0.2, -0.15) is 0 Å². The maximum absolute atomic E-state index is 12.6. The Morgan fingerprint density at radius 2 is 0.830 bits per heavy atom. The summed E-state index contributed by atoms with van der Waals surface area (Å²) >= 11 is 0. The molecule has 53 heavy (non-hydrogen) atoms. The number of hydrogen-bond donors (Lipinski definition) is 4. The molecule has 0 aromatic rings. The molecule has 0 saturated carbocycles. The number of phosphoric ester groups is 1. The highest BCUT2D eigenvalue weighted by Gasteiger charge is 2.24. The lowest BCUT2D eigenvalue weighted by Crippen LogP contribution is -2.45. The fraction of sp³-hybridized carbons (Fsp3) is 0.933. The summed E-state index contributed by atoms with van der Waals surface area (Å²) in [5, 5.41) is 13.4. The van der Waals surface area contributed by atoms with Crippen LogP contribution in [-0.4, -0.2) is 39.6 Å². The van der Waals surface area contributed by atoms with Gasteiger partial charge in [-0.05, 0) is 19.3 Å². The zero-order valence-corrected chi connectivity index (χ0v) is 36.1. The van der Waals surface area contributed by atoms with Crippen LogP contribution in [0.3, 0.4) is 0 Å². The van der Waals surface area contributed by atoms with E-state index in [1.54, 1.807) is 6.08 Å². The molecule has 2 atom stereocenters. The van der Waals surface area contributed by atoms with Crippen LogP contribution in [-0.2, 0) is 13.9 Å². The van der Waals surface area contributed by atoms with Gasteiger partial charge in [0.25, 0.3) is 0 Å². The standard InChI is InChI=1S/C45H90NO6P/c1-3-5-7-9-11-13-15-16-17-18-19-20-21-22-23-24-25-26-27-28-29-31-33-35-37-39-41-45(48)46-43(42-52-53(49,50)51)44(47)40-38-36-34-32-30-14-12-10-8-6-4-2/h38,40,43-44,47H,3-37,39,41-42H2,1-2H3,(H,46,48)(H2,49,50,51)/b40-38+/t43-,44+/m0/s1. The van der Waals surface area contributed by atoms with Gasteiger partial charge in [0, 0.05) is 6.42 Å². The van der Waals surface area contributed by atoms with Gasteiger partial charge in [-0.3, -0.25) is 9.32 Å². The summed E-state index contributed by atoms with van der Waals surface area (Å²) in [6.07, 6.45) is 49.7. The Balaban J connectivity index is 3.74. The van der Waals surface area contributed by atoms with Gasteiger partial charge in [0.1, 0.15) is 0 Å². The van der Waals surface area contributed by atoms with Crippen molar-refractivity contribution in [2.24, 2.45) is 0 Å². The minimum atomic E-state index is -4.71. The summed E-state index contributed by atoms with van der Waals surface area (Å²) in [6, 6.07) is -0.904. The summed E-state index contributed by atoms with van der Waals surface area (Å²) < 4.78 is 15.9. The number of aliphatic hydroxyl groups excluding tert-OH is 1. The molecule has 0 aromatic carbocycles. The molecule has 7 nitrogen and oxygen atoms in total. The van der Waals surface area contributed by atoms with Crippen molar-refractivity contribution in [1.82, 2.24) is 5.32 Å². The number of unbranched alkanes of at least 4 members (excludes halogenated alkanes) is 34. The van der Waals surface area contributed by atoms with Crippen LogP contribution >= 0.6 is 7.82 Å². The Morgan fingerprint density at radius 1 is 0.528 bits per heavy atom. The fourth-order valence-corrected chi connectivity index (χ4v) is 7.58. The van der Waals surface area contributed by atoms with Crippen molar-refractivity contribution in [2.75, 3.05) is 6.61 Å². The van der Waals surface area contributed by atoms with E-state index < -0.39 is 26.6 Å². The highest BCUT2D eigenvalue weighted by Crippen LogP contribution is 2.36.